The molecule has 1 fully saturated rings. The molecule has 0 aliphatic carbocycles. The minimum Gasteiger partial charge on any atom is -0.461 e. The smallest absolute Gasteiger partial charge is 0.338 e. The first-order chi connectivity index (χ1) is 15.7. The summed E-state index contributed by atoms with van der Waals surface area (Å²) in [6.07, 6.45) is -7.32. The number of aliphatic hydroxyl groups excluding tert-OH is 3. The summed E-state index contributed by atoms with van der Waals surface area (Å²) in [5.74, 6) is -1.02. The zero-order valence-corrected chi connectivity index (χ0v) is 21.0. The van der Waals surface area contributed by atoms with Crippen LogP contribution in [0.3, 0.4) is 0 Å². The van der Waals surface area contributed by atoms with Crippen molar-refractivity contribution in [3.05, 3.63) is 46.5 Å². The topological polar surface area (TPSA) is 158 Å². The largest absolute Gasteiger partial charge is 0.461 e. The van der Waals surface area contributed by atoms with Crippen LogP contribution in [0, 0.1) is 10.1 Å². The van der Waals surface area contributed by atoms with Gasteiger partial charge >= 0.3 is 5.97 Å². The maximum atomic E-state index is 12.2. The molecule has 0 spiro atoms. The lowest BCUT2D eigenvalue weighted by atomic mass is 9.99. The van der Waals surface area contributed by atoms with Gasteiger partial charge in [-0.25, -0.2) is 4.79 Å². The number of carbonyl (C=O) groups is 1. The summed E-state index contributed by atoms with van der Waals surface area (Å²) in [5, 5.41) is 42.0. The van der Waals surface area contributed by atoms with Crippen LogP contribution in [0.25, 0.3) is 0 Å². The van der Waals surface area contributed by atoms with Crippen molar-refractivity contribution in [1.82, 2.24) is 0 Å². The summed E-state index contributed by atoms with van der Waals surface area (Å²) in [6.45, 7) is 13.6. The Hall–Kier alpha value is -2.35. The molecule has 12 heteroatoms. The first-order valence-electron chi connectivity index (χ1n) is 10.7. The number of hydrogen-bond acceptors (Lipinski definition) is 10. The van der Waals surface area contributed by atoms with Crippen LogP contribution in [-0.4, -0.2) is 71.8 Å². The number of carbonyl (C=O) groups excluding carboxylic acids is 1. The standard InChI is InChI=1S/C22H33NO10Si/c1-7-10-30-20(27)19-17(25)16(24)18(26)21(33-19)32-15-11-14(23(28)29)9-8-13(15)12-31-34(5,6)22(2,3)4/h7-9,11,16-19,21,24-26H,1,10,12H2,2-6H3/t16-,17-,18+,19-,21+/m0/s1. The van der Waals surface area contributed by atoms with E-state index in [-0.39, 0.29) is 29.7 Å². The number of aliphatic hydroxyl groups is 3. The highest BCUT2D eigenvalue weighted by atomic mass is 28.4. The van der Waals surface area contributed by atoms with E-state index in [4.69, 9.17) is 18.6 Å². The van der Waals surface area contributed by atoms with Crippen LogP contribution in [0.15, 0.2) is 30.9 Å². The van der Waals surface area contributed by atoms with Crippen LogP contribution in [0.4, 0.5) is 5.69 Å². The molecule has 34 heavy (non-hydrogen) atoms. The van der Waals surface area contributed by atoms with Gasteiger partial charge in [-0.3, -0.25) is 10.1 Å². The van der Waals surface area contributed by atoms with E-state index in [1.165, 1.54) is 18.2 Å². The molecule has 11 nitrogen and oxygen atoms in total. The van der Waals surface area contributed by atoms with Crippen LogP contribution < -0.4 is 4.74 Å². The third-order valence-corrected chi connectivity index (χ3v) is 10.5. The van der Waals surface area contributed by atoms with E-state index >= 15 is 0 Å². The normalized spacial score (nSPS) is 25.5. The summed E-state index contributed by atoms with van der Waals surface area (Å²) < 4.78 is 22.2. The first-order valence-corrected chi connectivity index (χ1v) is 13.7. The lowest BCUT2D eigenvalue weighted by Crippen LogP contribution is -2.61. The van der Waals surface area contributed by atoms with Crippen molar-refractivity contribution in [2.24, 2.45) is 0 Å². The summed E-state index contributed by atoms with van der Waals surface area (Å²) in [4.78, 5) is 22.9. The molecule has 1 aromatic rings. The average Bonchev–Trinajstić information content (AvgIpc) is 2.75. The molecule has 0 unspecified atom stereocenters. The quantitative estimate of drug-likeness (QED) is 0.151. The van der Waals surface area contributed by atoms with Crippen molar-refractivity contribution in [2.75, 3.05) is 6.61 Å². The maximum Gasteiger partial charge on any atom is 0.338 e. The van der Waals surface area contributed by atoms with Crippen molar-refractivity contribution in [1.29, 1.82) is 0 Å². The zero-order valence-electron chi connectivity index (χ0n) is 20.0. The minimum atomic E-state index is -2.18. The molecule has 1 aliphatic rings. The van der Waals surface area contributed by atoms with Crippen LogP contribution in [0.1, 0.15) is 26.3 Å². The Kier molecular flexibility index (Phi) is 8.96. The van der Waals surface area contributed by atoms with Gasteiger partial charge in [0.25, 0.3) is 5.69 Å². The van der Waals surface area contributed by atoms with Gasteiger partial charge in [-0.05, 0) is 24.2 Å². The lowest BCUT2D eigenvalue weighted by Gasteiger charge is -2.39. The van der Waals surface area contributed by atoms with Gasteiger partial charge in [0.05, 0.1) is 17.6 Å². The van der Waals surface area contributed by atoms with Crippen molar-refractivity contribution < 1.29 is 43.7 Å². The number of benzene rings is 1. The zero-order chi connectivity index (χ0) is 25.8. The summed E-state index contributed by atoms with van der Waals surface area (Å²) in [7, 11) is -2.18. The fraction of sp³-hybridized carbons (Fsp3) is 0.591. The van der Waals surface area contributed by atoms with E-state index in [9.17, 15) is 30.2 Å². The van der Waals surface area contributed by atoms with E-state index in [0.717, 1.165) is 6.07 Å². The molecule has 2 rings (SSSR count). The highest BCUT2D eigenvalue weighted by Gasteiger charge is 2.49. The maximum absolute atomic E-state index is 12.2. The van der Waals surface area contributed by atoms with Crippen molar-refractivity contribution in [2.45, 2.75) is 76.2 Å². The third-order valence-electron chi connectivity index (χ3n) is 6.04. The van der Waals surface area contributed by atoms with Gasteiger partial charge in [0.15, 0.2) is 14.4 Å². The van der Waals surface area contributed by atoms with Crippen LogP contribution in [0.5, 0.6) is 5.75 Å². The number of ether oxygens (including phenoxy) is 3. The molecule has 0 bridgehead atoms. The predicted octanol–water partition coefficient (Wildman–Crippen LogP) is 2.03. The molecule has 3 N–H and O–H groups in total. The number of nitrogens with zero attached hydrogens (tertiary/aromatic N) is 1. The minimum absolute atomic E-state index is 0.0289. The lowest BCUT2D eigenvalue weighted by molar-refractivity contribution is -0.385. The summed E-state index contributed by atoms with van der Waals surface area (Å²) >= 11 is 0. The Morgan fingerprint density at radius 3 is 2.44 bits per heavy atom. The van der Waals surface area contributed by atoms with Crippen molar-refractivity contribution in [3.63, 3.8) is 0 Å². The number of hydrogen-bond donors (Lipinski definition) is 3. The molecule has 1 saturated heterocycles. The Balaban J connectivity index is 2.33. The van der Waals surface area contributed by atoms with Gasteiger partial charge in [0.1, 0.15) is 30.7 Å². The second kappa shape index (κ2) is 10.9. The van der Waals surface area contributed by atoms with E-state index in [1.807, 2.05) is 13.1 Å². The van der Waals surface area contributed by atoms with Crippen LogP contribution >= 0.6 is 0 Å². The number of nitro groups is 1. The fourth-order valence-corrected chi connectivity index (χ4v) is 3.80. The Bertz CT molecular complexity index is 900. The third kappa shape index (κ3) is 6.40. The van der Waals surface area contributed by atoms with E-state index < -0.39 is 49.9 Å². The van der Waals surface area contributed by atoms with E-state index in [0.29, 0.717) is 5.56 Å². The van der Waals surface area contributed by atoms with Gasteiger partial charge in [-0.15, -0.1) is 0 Å². The molecule has 190 valence electrons. The van der Waals surface area contributed by atoms with Gasteiger partial charge in [0.2, 0.25) is 6.29 Å². The summed E-state index contributed by atoms with van der Waals surface area (Å²) in [6, 6.07) is 3.91. The highest BCUT2D eigenvalue weighted by Crippen LogP contribution is 2.38. The molecule has 1 heterocycles. The van der Waals surface area contributed by atoms with Gasteiger partial charge in [-0.2, -0.15) is 0 Å². The number of non-ortho nitro benzene ring substituents is 1. The summed E-state index contributed by atoms with van der Waals surface area (Å²) in [5.41, 5.74) is 0.163. The molecule has 0 amide bonds. The van der Waals surface area contributed by atoms with Gasteiger partial charge < -0.3 is 34.0 Å². The molecule has 0 radical (unpaired) electrons. The average molecular weight is 500 g/mol. The molecular formula is C22H33NO10Si. The van der Waals surface area contributed by atoms with Crippen LogP contribution in [0.2, 0.25) is 18.1 Å². The van der Waals surface area contributed by atoms with Crippen molar-refractivity contribution in [3.8, 4) is 5.75 Å². The molecule has 5 atom stereocenters. The molecule has 0 aromatic heterocycles. The van der Waals surface area contributed by atoms with E-state index in [1.54, 1.807) is 0 Å². The highest BCUT2D eigenvalue weighted by molar-refractivity contribution is 6.74. The van der Waals surface area contributed by atoms with Gasteiger partial charge in [0, 0.05) is 11.6 Å². The Morgan fingerprint density at radius 1 is 1.24 bits per heavy atom. The molecule has 0 saturated carbocycles. The van der Waals surface area contributed by atoms with Gasteiger partial charge in [-0.1, -0.05) is 33.4 Å². The molecular weight excluding hydrogens is 466 g/mol. The first kappa shape index (κ1) is 27.9. The molecule has 1 aromatic carbocycles. The van der Waals surface area contributed by atoms with E-state index in [2.05, 4.69) is 27.4 Å². The SMILES string of the molecule is C=CCOC(=O)[C@H]1O[C@@H](Oc2cc([N+](=O)[O-])ccc2CO[Si](C)(C)C(C)(C)C)[C@H](O)[C@@H](O)[C@@H]1O. The predicted molar refractivity (Wildman–Crippen MR) is 124 cm³/mol. The monoisotopic (exact) mass is 499 g/mol. The number of esters is 1. The number of nitro benzene ring substituents is 1. The number of rotatable bonds is 9. The fourth-order valence-electron chi connectivity index (χ4n) is 2.85. The van der Waals surface area contributed by atoms with Crippen molar-refractivity contribution >= 4 is 20.0 Å². The Labute approximate surface area is 199 Å². The second-order valence-electron chi connectivity index (χ2n) is 9.53. The Morgan fingerprint density at radius 2 is 1.88 bits per heavy atom. The molecule has 1 aliphatic heterocycles. The van der Waals surface area contributed by atoms with Crippen LogP contribution in [-0.2, 0) is 25.3 Å². The second-order valence-corrected chi connectivity index (χ2v) is 14.3.